The highest BCUT2D eigenvalue weighted by Crippen LogP contribution is 2.33. The summed E-state index contributed by atoms with van der Waals surface area (Å²) in [6.07, 6.45) is 0.227. The number of carbonyl (C=O) groups is 2. The molecule has 1 unspecified atom stereocenters. The second-order valence-corrected chi connectivity index (χ2v) is 12.4. The lowest BCUT2D eigenvalue weighted by atomic mass is 10.0. The minimum atomic E-state index is -4.25. The average Bonchev–Trinajstić information content (AvgIpc) is 2.99. The van der Waals surface area contributed by atoms with Crippen LogP contribution in [-0.4, -0.2) is 44.8 Å². The second-order valence-electron chi connectivity index (χ2n) is 9.69. The van der Waals surface area contributed by atoms with Crippen LogP contribution in [0.15, 0.2) is 108 Å². The molecule has 4 rings (SSSR count). The number of carbonyl (C=O) groups excluding carboxylic acids is 2. The molecule has 0 fully saturated rings. The molecular weight excluding hydrogens is 593 g/mol. The summed E-state index contributed by atoms with van der Waals surface area (Å²) in [6, 6.07) is 28.2. The van der Waals surface area contributed by atoms with Crippen LogP contribution in [0.4, 0.5) is 5.69 Å². The molecule has 0 spiro atoms. The molecule has 1 atom stereocenters. The van der Waals surface area contributed by atoms with E-state index in [-0.39, 0.29) is 34.5 Å². The maximum absolute atomic E-state index is 14.3. The predicted molar refractivity (Wildman–Crippen MR) is 167 cm³/mol. The van der Waals surface area contributed by atoms with Gasteiger partial charge in [-0.25, -0.2) is 8.42 Å². The average molecular weight is 625 g/mol. The first-order valence-corrected chi connectivity index (χ1v) is 15.4. The van der Waals surface area contributed by atoms with Gasteiger partial charge in [0, 0.05) is 25.0 Å². The van der Waals surface area contributed by atoms with Crippen LogP contribution >= 0.6 is 23.2 Å². The highest BCUT2D eigenvalue weighted by molar-refractivity contribution is 7.92. The van der Waals surface area contributed by atoms with Crippen LogP contribution in [0.5, 0.6) is 0 Å². The number of halogens is 2. The summed E-state index contributed by atoms with van der Waals surface area (Å²) in [5, 5.41) is 3.06. The summed E-state index contributed by atoms with van der Waals surface area (Å²) < 4.78 is 28.9. The summed E-state index contributed by atoms with van der Waals surface area (Å²) in [7, 11) is -2.74. The number of likely N-dealkylation sites (N-methyl/N-ethyl adjacent to an activating group) is 1. The Morgan fingerprint density at radius 1 is 0.857 bits per heavy atom. The van der Waals surface area contributed by atoms with Crippen molar-refractivity contribution in [3.63, 3.8) is 0 Å². The van der Waals surface area contributed by atoms with Gasteiger partial charge < -0.3 is 10.2 Å². The van der Waals surface area contributed by atoms with Crippen LogP contribution in [0, 0.1) is 6.92 Å². The molecule has 0 aliphatic rings. The van der Waals surface area contributed by atoms with Crippen molar-refractivity contribution in [1.82, 2.24) is 10.2 Å². The highest BCUT2D eigenvalue weighted by atomic mass is 35.5. The Labute approximate surface area is 256 Å². The molecule has 2 amide bonds. The van der Waals surface area contributed by atoms with Crippen molar-refractivity contribution in [3.05, 3.63) is 130 Å². The molecule has 4 aromatic carbocycles. The number of benzene rings is 4. The third-order valence-electron chi connectivity index (χ3n) is 6.91. The normalized spacial score (nSPS) is 11.9. The van der Waals surface area contributed by atoms with Crippen molar-refractivity contribution in [2.75, 3.05) is 17.9 Å². The fourth-order valence-electron chi connectivity index (χ4n) is 4.61. The minimum Gasteiger partial charge on any atom is -0.357 e. The number of amides is 2. The Kier molecular flexibility index (Phi) is 10.3. The van der Waals surface area contributed by atoms with Gasteiger partial charge in [-0.2, -0.15) is 0 Å². The third-order valence-corrected chi connectivity index (χ3v) is 9.22. The molecule has 4 aromatic rings. The second kappa shape index (κ2) is 13.9. The van der Waals surface area contributed by atoms with E-state index in [4.69, 9.17) is 23.2 Å². The van der Waals surface area contributed by atoms with Gasteiger partial charge in [0.1, 0.15) is 12.6 Å². The molecule has 1 N–H and O–H groups in total. The van der Waals surface area contributed by atoms with Crippen molar-refractivity contribution in [3.8, 4) is 0 Å². The quantitative estimate of drug-likeness (QED) is 0.226. The maximum atomic E-state index is 14.3. The number of hydrogen-bond acceptors (Lipinski definition) is 4. The smallest absolute Gasteiger partial charge is 0.264 e. The Balaban J connectivity index is 1.81. The Hall–Kier alpha value is -3.85. The topological polar surface area (TPSA) is 86.8 Å². The Morgan fingerprint density at radius 3 is 2.10 bits per heavy atom. The van der Waals surface area contributed by atoms with Gasteiger partial charge in [-0.05, 0) is 53.9 Å². The molecule has 0 aromatic heterocycles. The van der Waals surface area contributed by atoms with Gasteiger partial charge in [0.25, 0.3) is 10.0 Å². The molecule has 10 heteroatoms. The molecule has 0 aliphatic heterocycles. The number of rotatable bonds is 11. The van der Waals surface area contributed by atoms with Gasteiger partial charge in [0.05, 0.1) is 15.6 Å². The van der Waals surface area contributed by atoms with Crippen LogP contribution in [-0.2, 0) is 32.6 Å². The fraction of sp³-hybridized carbons (Fsp3) is 0.188. The zero-order valence-electron chi connectivity index (χ0n) is 23.2. The molecule has 218 valence electrons. The summed E-state index contributed by atoms with van der Waals surface area (Å²) in [6.45, 7) is 1.40. The fourth-order valence-corrected chi connectivity index (χ4v) is 6.62. The number of nitrogens with zero attached hydrogens (tertiary/aromatic N) is 2. The zero-order valence-corrected chi connectivity index (χ0v) is 25.5. The van der Waals surface area contributed by atoms with Crippen molar-refractivity contribution in [1.29, 1.82) is 0 Å². The van der Waals surface area contributed by atoms with Gasteiger partial charge in [-0.15, -0.1) is 0 Å². The third kappa shape index (κ3) is 7.31. The van der Waals surface area contributed by atoms with Gasteiger partial charge in [0.2, 0.25) is 11.8 Å². The number of sulfonamides is 1. The van der Waals surface area contributed by atoms with E-state index in [2.05, 4.69) is 5.32 Å². The van der Waals surface area contributed by atoms with Crippen molar-refractivity contribution in [2.45, 2.75) is 30.8 Å². The Bertz CT molecular complexity index is 1650. The van der Waals surface area contributed by atoms with Crippen LogP contribution in [0.3, 0.4) is 0 Å². The number of aryl methyl sites for hydroxylation is 1. The standard InChI is InChI=1S/C32H31Cl2N3O4S/c1-23-11-9-10-14-25(23)21-36(30(32(39)35-2)19-24-12-5-3-6-13-24)31(38)22-37(29-18-17-26(33)20-28(29)34)42(40,41)27-15-7-4-8-16-27/h3-18,20,30H,19,21-22H2,1-2H3,(H,35,39). The van der Waals surface area contributed by atoms with Crippen LogP contribution in [0.25, 0.3) is 0 Å². The zero-order chi connectivity index (χ0) is 30.3. The first-order chi connectivity index (χ1) is 20.1. The lowest BCUT2D eigenvalue weighted by Crippen LogP contribution is -2.53. The number of hydrogen-bond donors (Lipinski definition) is 1. The van der Waals surface area contributed by atoms with E-state index in [1.807, 2.05) is 61.5 Å². The Morgan fingerprint density at radius 2 is 1.48 bits per heavy atom. The van der Waals surface area contributed by atoms with Crippen LogP contribution in [0.2, 0.25) is 10.0 Å². The molecule has 0 radical (unpaired) electrons. The summed E-state index contributed by atoms with van der Waals surface area (Å²) >= 11 is 12.6. The monoisotopic (exact) mass is 623 g/mol. The number of anilines is 1. The van der Waals surface area contributed by atoms with Crippen LogP contribution in [0.1, 0.15) is 16.7 Å². The predicted octanol–water partition coefficient (Wildman–Crippen LogP) is 5.88. The number of nitrogens with one attached hydrogen (secondary N) is 1. The van der Waals surface area contributed by atoms with E-state index in [1.165, 1.54) is 42.3 Å². The lowest BCUT2D eigenvalue weighted by molar-refractivity contribution is -0.139. The van der Waals surface area contributed by atoms with E-state index in [0.717, 1.165) is 21.0 Å². The van der Waals surface area contributed by atoms with Crippen LogP contribution < -0.4 is 9.62 Å². The highest BCUT2D eigenvalue weighted by Gasteiger charge is 2.35. The van der Waals surface area contributed by atoms with E-state index in [9.17, 15) is 18.0 Å². The lowest BCUT2D eigenvalue weighted by Gasteiger charge is -2.34. The molecule has 0 heterocycles. The largest absolute Gasteiger partial charge is 0.357 e. The molecule has 42 heavy (non-hydrogen) atoms. The minimum absolute atomic E-state index is 0.0126. The molecule has 7 nitrogen and oxygen atoms in total. The van der Waals surface area contributed by atoms with Gasteiger partial charge in [-0.3, -0.25) is 13.9 Å². The van der Waals surface area contributed by atoms with E-state index in [1.54, 1.807) is 18.2 Å². The van der Waals surface area contributed by atoms with Gasteiger partial charge in [-0.1, -0.05) is 96.0 Å². The molecule has 0 saturated heterocycles. The van der Waals surface area contributed by atoms with Gasteiger partial charge in [0.15, 0.2) is 0 Å². The van der Waals surface area contributed by atoms with Crippen molar-refractivity contribution >= 4 is 50.7 Å². The summed E-state index contributed by atoms with van der Waals surface area (Å²) in [5.74, 6) is -0.948. The summed E-state index contributed by atoms with van der Waals surface area (Å²) in [5.41, 5.74) is 2.70. The van der Waals surface area contributed by atoms with E-state index < -0.39 is 28.5 Å². The van der Waals surface area contributed by atoms with E-state index >= 15 is 0 Å². The van der Waals surface area contributed by atoms with Gasteiger partial charge >= 0.3 is 0 Å². The first-order valence-electron chi connectivity index (χ1n) is 13.2. The first kappa shape index (κ1) is 31.1. The van der Waals surface area contributed by atoms with Crippen molar-refractivity contribution in [2.24, 2.45) is 0 Å². The maximum Gasteiger partial charge on any atom is 0.264 e. The van der Waals surface area contributed by atoms with E-state index in [0.29, 0.717) is 5.02 Å². The molecule has 0 saturated carbocycles. The summed E-state index contributed by atoms with van der Waals surface area (Å²) in [4.78, 5) is 29.1. The SMILES string of the molecule is CNC(=O)C(Cc1ccccc1)N(Cc1ccccc1C)C(=O)CN(c1ccc(Cl)cc1Cl)S(=O)(=O)c1ccccc1. The molecular formula is C32H31Cl2N3O4S. The molecule has 0 bridgehead atoms. The molecule has 0 aliphatic carbocycles. The van der Waals surface area contributed by atoms with Crippen molar-refractivity contribution < 1.29 is 18.0 Å².